The average Bonchev–Trinajstić information content (AvgIpc) is 2.87. The molecule has 1 heterocycles. The molecule has 8 nitrogen and oxygen atoms in total. The second-order valence-electron chi connectivity index (χ2n) is 7.68. The minimum atomic E-state index is -0.612. The molecule has 1 atom stereocenters. The van der Waals surface area contributed by atoms with Crippen LogP contribution in [0, 0.1) is 5.82 Å². The number of ether oxygens (including phenoxy) is 2. The highest BCUT2D eigenvalue weighted by atomic mass is 32.2. The van der Waals surface area contributed by atoms with Crippen LogP contribution >= 0.6 is 11.8 Å². The molecular formula is C24H28FN3O5S. The number of carbonyl (C=O) groups is 3. The van der Waals surface area contributed by atoms with Gasteiger partial charge in [-0.2, -0.15) is 0 Å². The van der Waals surface area contributed by atoms with Crippen LogP contribution in [0.5, 0.6) is 5.75 Å². The molecule has 1 unspecified atom stereocenters. The van der Waals surface area contributed by atoms with E-state index in [-0.39, 0.29) is 24.2 Å². The number of hydrogen-bond acceptors (Lipinski definition) is 7. The van der Waals surface area contributed by atoms with Crippen molar-refractivity contribution < 1.29 is 28.2 Å². The number of nitrogens with zero attached hydrogens (tertiary/aromatic N) is 2. The van der Waals surface area contributed by atoms with E-state index in [4.69, 9.17) is 9.47 Å². The second kappa shape index (κ2) is 12.3. The van der Waals surface area contributed by atoms with Gasteiger partial charge in [-0.3, -0.25) is 14.4 Å². The van der Waals surface area contributed by atoms with Gasteiger partial charge >= 0.3 is 5.97 Å². The molecule has 1 aliphatic rings. The number of anilines is 2. The fourth-order valence-corrected chi connectivity index (χ4v) is 4.03. The van der Waals surface area contributed by atoms with E-state index in [0.717, 1.165) is 23.2 Å². The zero-order valence-corrected chi connectivity index (χ0v) is 20.0. The first kappa shape index (κ1) is 25.4. The minimum Gasteiger partial charge on any atom is -0.497 e. The third-order valence-electron chi connectivity index (χ3n) is 5.33. The van der Waals surface area contributed by atoms with Crippen LogP contribution in [0.25, 0.3) is 0 Å². The molecule has 0 aromatic heterocycles. The van der Waals surface area contributed by atoms with Gasteiger partial charge in [0.15, 0.2) is 6.61 Å². The largest absolute Gasteiger partial charge is 0.497 e. The van der Waals surface area contributed by atoms with E-state index in [0.29, 0.717) is 31.9 Å². The Kier molecular flexibility index (Phi) is 9.15. The van der Waals surface area contributed by atoms with Crippen LogP contribution in [0.4, 0.5) is 15.8 Å². The highest BCUT2D eigenvalue weighted by Crippen LogP contribution is 2.20. The summed E-state index contributed by atoms with van der Waals surface area (Å²) in [6, 6.07) is 13.2. The lowest BCUT2D eigenvalue weighted by Gasteiger charge is -2.36. The summed E-state index contributed by atoms with van der Waals surface area (Å²) < 4.78 is 23.3. The predicted octanol–water partition coefficient (Wildman–Crippen LogP) is 2.79. The molecule has 1 aliphatic heterocycles. The molecule has 0 aliphatic carbocycles. The number of methoxy groups -OCH3 is 1. The third-order valence-corrected chi connectivity index (χ3v) is 6.45. The van der Waals surface area contributed by atoms with E-state index in [1.165, 1.54) is 24.3 Å². The summed E-state index contributed by atoms with van der Waals surface area (Å²) in [4.78, 5) is 40.6. The van der Waals surface area contributed by atoms with Crippen molar-refractivity contribution in [2.45, 2.75) is 12.2 Å². The number of thioether (sulfide) groups is 1. The number of nitrogens with one attached hydrogen (secondary N) is 1. The van der Waals surface area contributed by atoms with Crippen LogP contribution in [0.15, 0.2) is 48.5 Å². The van der Waals surface area contributed by atoms with Crippen LogP contribution in [0.2, 0.25) is 0 Å². The highest BCUT2D eigenvalue weighted by molar-refractivity contribution is 8.01. The van der Waals surface area contributed by atoms with Gasteiger partial charge in [0, 0.05) is 37.6 Å². The van der Waals surface area contributed by atoms with Gasteiger partial charge in [0.25, 0.3) is 5.91 Å². The Balaban J connectivity index is 1.34. The molecule has 0 spiro atoms. The number of benzene rings is 2. The molecule has 2 amide bonds. The maximum absolute atomic E-state index is 12.9. The Morgan fingerprint density at radius 3 is 2.29 bits per heavy atom. The summed E-state index contributed by atoms with van der Waals surface area (Å²) in [5.74, 6) is -0.687. The summed E-state index contributed by atoms with van der Waals surface area (Å²) in [5, 5.41) is 2.02. The van der Waals surface area contributed by atoms with Crippen molar-refractivity contribution in [1.82, 2.24) is 4.90 Å². The number of rotatable bonds is 9. The van der Waals surface area contributed by atoms with Gasteiger partial charge in [-0.15, -0.1) is 11.8 Å². The first-order valence-electron chi connectivity index (χ1n) is 10.9. The van der Waals surface area contributed by atoms with E-state index in [9.17, 15) is 18.8 Å². The zero-order valence-electron chi connectivity index (χ0n) is 19.2. The van der Waals surface area contributed by atoms with Crippen molar-refractivity contribution in [3.05, 3.63) is 54.3 Å². The quantitative estimate of drug-likeness (QED) is 0.542. The standard InChI is InChI=1S/C24H28FN3O5S/c1-17(34-16-22(29)26-19-5-3-18(25)4-6-19)24(31)33-15-23(30)28-13-11-27(12-14-28)20-7-9-21(32-2)10-8-20/h3-10,17H,11-16H2,1-2H3,(H,26,29). The van der Waals surface area contributed by atoms with Gasteiger partial charge in [0.05, 0.1) is 12.9 Å². The van der Waals surface area contributed by atoms with Gasteiger partial charge in [-0.05, 0) is 55.5 Å². The lowest BCUT2D eigenvalue weighted by atomic mass is 10.2. The monoisotopic (exact) mass is 489 g/mol. The number of halogens is 1. The lowest BCUT2D eigenvalue weighted by molar-refractivity contribution is -0.151. The van der Waals surface area contributed by atoms with Crippen molar-refractivity contribution >= 4 is 40.9 Å². The molecule has 10 heteroatoms. The maximum atomic E-state index is 12.9. The van der Waals surface area contributed by atoms with Crippen LogP contribution in [-0.4, -0.2) is 73.6 Å². The summed E-state index contributed by atoms with van der Waals surface area (Å²) in [5.41, 5.74) is 1.54. The molecule has 1 fully saturated rings. The van der Waals surface area contributed by atoms with Gasteiger partial charge in [-0.1, -0.05) is 0 Å². The average molecular weight is 490 g/mol. The molecule has 0 saturated carbocycles. The van der Waals surface area contributed by atoms with Crippen LogP contribution in [0.1, 0.15) is 6.92 Å². The predicted molar refractivity (Wildman–Crippen MR) is 130 cm³/mol. The number of amides is 2. The fraction of sp³-hybridized carbons (Fsp3) is 0.375. The lowest BCUT2D eigenvalue weighted by Crippen LogP contribution is -2.50. The summed E-state index contributed by atoms with van der Waals surface area (Å²) in [6.45, 7) is 3.74. The van der Waals surface area contributed by atoms with E-state index < -0.39 is 17.0 Å². The molecule has 182 valence electrons. The maximum Gasteiger partial charge on any atom is 0.319 e. The van der Waals surface area contributed by atoms with E-state index >= 15 is 0 Å². The van der Waals surface area contributed by atoms with Crippen molar-refractivity contribution in [3.8, 4) is 5.75 Å². The van der Waals surface area contributed by atoms with Gasteiger partial charge in [0.1, 0.15) is 16.8 Å². The molecule has 1 saturated heterocycles. The Morgan fingerprint density at radius 1 is 1.03 bits per heavy atom. The fourth-order valence-electron chi connectivity index (χ4n) is 3.35. The van der Waals surface area contributed by atoms with Crippen LogP contribution in [0.3, 0.4) is 0 Å². The molecule has 0 bridgehead atoms. The molecule has 1 N–H and O–H groups in total. The SMILES string of the molecule is COc1ccc(N2CCN(C(=O)COC(=O)C(C)SCC(=O)Nc3ccc(F)cc3)CC2)cc1. The van der Waals surface area contributed by atoms with Gasteiger partial charge < -0.3 is 24.6 Å². The molecule has 34 heavy (non-hydrogen) atoms. The summed E-state index contributed by atoms with van der Waals surface area (Å²) in [7, 11) is 1.62. The molecular weight excluding hydrogens is 461 g/mol. The third kappa shape index (κ3) is 7.38. The second-order valence-corrected chi connectivity index (χ2v) is 9.01. The molecule has 2 aromatic carbocycles. The molecule has 2 aromatic rings. The smallest absolute Gasteiger partial charge is 0.319 e. The number of esters is 1. The van der Waals surface area contributed by atoms with Gasteiger partial charge in [0.2, 0.25) is 5.91 Å². The normalized spacial score (nSPS) is 14.3. The highest BCUT2D eigenvalue weighted by Gasteiger charge is 2.24. The van der Waals surface area contributed by atoms with Crippen molar-refractivity contribution in [1.29, 1.82) is 0 Å². The number of hydrogen-bond donors (Lipinski definition) is 1. The van der Waals surface area contributed by atoms with Crippen molar-refractivity contribution in [2.24, 2.45) is 0 Å². The minimum absolute atomic E-state index is 0.0227. The van der Waals surface area contributed by atoms with Crippen LogP contribution < -0.4 is 15.0 Å². The first-order chi connectivity index (χ1) is 16.4. The summed E-state index contributed by atoms with van der Waals surface area (Å²) in [6.07, 6.45) is 0. The zero-order chi connectivity index (χ0) is 24.5. The molecule has 3 rings (SSSR count). The van der Waals surface area contributed by atoms with E-state index in [1.54, 1.807) is 18.9 Å². The Bertz CT molecular complexity index is 979. The molecule has 0 radical (unpaired) electrons. The Morgan fingerprint density at radius 2 is 1.68 bits per heavy atom. The van der Waals surface area contributed by atoms with Crippen molar-refractivity contribution in [2.75, 3.05) is 55.9 Å². The number of piperazine rings is 1. The number of carbonyl (C=O) groups excluding carboxylic acids is 3. The topological polar surface area (TPSA) is 88.2 Å². The van der Waals surface area contributed by atoms with E-state index in [1.807, 2.05) is 24.3 Å². The Hall–Kier alpha value is -3.27. The first-order valence-corrected chi connectivity index (χ1v) is 11.9. The summed E-state index contributed by atoms with van der Waals surface area (Å²) >= 11 is 1.10. The van der Waals surface area contributed by atoms with Gasteiger partial charge in [-0.25, -0.2) is 4.39 Å². The van der Waals surface area contributed by atoms with Crippen LogP contribution in [-0.2, 0) is 19.1 Å². The van der Waals surface area contributed by atoms with Crippen molar-refractivity contribution in [3.63, 3.8) is 0 Å². The Labute approximate surface area is 202 Å². The van der Waals surface area contributed by atoms with E-state index in [2.05, 4.69) is 10.2 Å².